The first-order chi connectivity index (χ1) is 9.70. The van der Waals surface area contributed by atoms with Gasteiger partial charge in [-0.25, -0.2) is 0 Å². The van der Waals surface area contributed by atoms with Crippen molar-refractivity contribution in [2.75, 3.05) is 32.1 Å². The maximum Gasteiger partial charge on any atom is 0.256 e. The molecule has 2 aromatic rings. The third kappa shape index (κ3) is 2.13. The Morgan fingerprint density at radius 2 is 2.40 bits per heavy atom. The summed E-state index contributed by atoms with van der Waals surface area (Å²) >= 11 is 0. The number of hydrogen-bond acceptors (Lipinski definition) is 4. The minimum Gasteiger partial charge on any atom is -0.399 e. The number of nitrogens with one attached hydrogen (secondary N) is 1. The molecule has 1 atom stereocenters. The number of H-pyrrole nitrogens is 1. The molecule has 0 spiro atoms. The average molecular weight is 275 g/mol. The van der Waals surface area contributed by atoms with Gasteiger partial charge >= 0.3 is 0 Å². The van der Waals surface area contributed by atoms with E-state index in [0.29, 0.717) is 31.0 Å². The van der Waals surface area contributed by atoms with E-state index in [1.807, 2.05) is 6.07 Å². The van der Waals surface area contributed by atoms with Gasteiger partial charge in [0.2, 0.25) is 0 Å². The number of nitrogen functional groups attached to an aromatic ring is 1. The summed E-state index contributed by atoms with van der Waals surface area (Å²) < 4.78 is 5.30. The van der Waals surface area contributed by atoms with Gasteiger partial charge in [-0.3, -0.25) is 4.79 Å². The Bertz CT molecular complexity index is 638. The zero-order valence-corrected chi connectivity index (χ0v) is 11.0. The number of nitrogens with two attached hydrogens (primary N) is 1. The molecule has 6 heteroatoms. The fraction of sp³-hybridized carbons (Fsp3) is 0.357. The van der Waals surface area contributed by atoms with E-state index in [4.69, 9.17) is 10.5 Å². The van der Waals surface area contributed by atoms with Crippen molar-refractivity contribution in [3.8, 4) is 0 Å². The van der Waals surface area contributed by atoms with Crippen LogP contribution in [0.5, 0.6) is 0 Å². The number of ether oxygens (including phenoxy) is 1. The molecule has 1 aliphatic rings. The van der Waals surface area contributed by atoms with Gasteiger partial charge in [0, 0.05) is 29.3 Å². The van der Waals surface area contributed by atoms with E-state index < -0.39 is 0 Å². The maximum atomic E-state index is 12.7. The Morgan fingerprint density at radius 3 is 3.20 bits per heavy atom. The molecule has 0 saturated carbocycles. The normalized spacial score (nSPS) is 19.4. The number of hydrogen-bond donors (Lipinski definition) is 3. The summed E-state index contributed by atoms with van der Waals surface area (Å²) in [5.74, 6) is -0.107. The molecule has 1 fully saturated rings. The quantitative estimate of drug-likeness (QED) is 0.699. The lowest BCUT2D eigenvalue weighted by atomic mass is 10.1. The van der Waals surface area contributed by atoms with E-state index in [1.165, 1.54) is 0 Å². The van der Waals surface area contributed by atoms with Gasteiger partial charge in [-0.05, 0) is 18.2 Å². The minimum absolute atomic E-state index is 0.101. The lowest BCUT2D eigenvalue weighted by molar-refractivity contribution is -0.0183. The Kier molecular flexibility index (Phi) is 3.33. The fourth-order valence-electron chi connectivity index (χ4n) is 2.54. The molecule has 0 aliphatic carbocycles. The van der Waals surface area contributed by atoms with Gasteiger partial charge in [0.1, 0.15) is 0 Å². The van der Waals surface area contributed by atoms with Crippen LogP contribution in [-0.4, -0.2) is 53.3 Å². The second-order valence-electron chi connectivity index (χ2n) is 4.92. The number of anilines is 1. The van der Waals surface area contributed by atoms with Gasteiger partial charge in [0.25, 0.3) is 5.91 Å². The summed E-state index contributed by atoms with van der Waals surface area (Å²) in [6, 6.07) is 5.14. The second-order valence-corrected chi connectivity index (χ2v) is 4.92. The standard InChI is InChI=1S/C14H17N3O3/c15-9-1-2-13-11(5-9)12(6-16-13)14(19)17-3-4-20-8-10(17)7-18/h1-2,5-6,10,16,18H,3-4,7-8,15H2. The van der Waals surface area contributed by atoms with Crippen molar-refractivity contribution in [2.24, 2.45) is 0 Å². The van der Waals surface area contributed by atoms with Gasteiger partial charge in [-0.2, -0.15) is 0 Å². The molecule has 1 aromatic carbocycles. The number of aromatic nitrogens is 1. The van der Waals surface area contributed by atoms with Crippen molar-refractivity contribution in [3.63, 3.8) is 0 Å². The Balaban J connectivity index is 1.97. The highest BCUT2D eigenvalue weighted by Gasteiger charge is 2.28. The molecule has 1 saturated heterocycles. The summed E-state index contributed by atoms with van der Waals surface area (Å²) in [4.78, 5) is 17.4. The largest absolute Gasteiger partial charge is 0.399 e. The van der Waals surface area contributed by atoms with Crippen molar-refractivity contribution in [3.05, 3.63) is 30.0 Å². The zero-order chi connectivity index (χ0) is 14.1. The maximum absolute atomic E-state index is 12.7. The molecule has 0 radical (unpaired) electrons. The lowest BCUT2D eigenvalue weighted by Gasteiger charge is -2.34. The summed E-state index contributed by atoms with van der Waals surface area (Å²) in [5.41, 5.74) is 7.85. The highest BCUT2D eigenvalue weighted by Crippen LogP contribution is 2.23. The predicted molar refractivity (Wildman–Crippen MR) is 75.4 cm³/mol. The Hall–Kier alpha value is -2.05. The number of carbonyl (C=O) groups excluding carboxylic acids is 1. The Labute approximate surface area is 116 Å². The third-order valence-electron chi connectivity index (χ3n) is 3.64. The minimum atomic E-state index is -0.290. The van der Waals surface area contributed by atoms with Gasteiger partial charge in [0.15, 0.2) is 0 Å². The number of morpholine rings is 1. The highest BCUT2D eigenvalue weighted by atomic mass is 16.5. The highest BCUT2D eigenvalue weighted by molar-refractivity contribution is 6.07. The number of nitrogens with zero attached hydrogens (tertiary/aromatic N) is 1. The zero-order valence-electron chi connectivity index (χ0n) is 11.0. The molecule has 1 unspecified atom stereocenters. The topological polar surface area (TPSA) is 91.6 Å². The number of benzene rings is 1. The molecule has 106 valence electrons. The molecule has 20 heavy (non-hydrogen) atoms. The van der Waals surface area contributed by atoms with Crippen LogP contribution in [0.2, 0.25) is 0 Å². The van der Waals surface area contributed by atoms with Crippen molar-refractivity contribution in [1.29, 1.82) is 0 Å². The molecular formula is C14H17N3O3. The first kappa shape index (κ1) is 13.0. The van der Waals surface area contributed by atoms with Crippen LogP contribution in [0.15, 0.2) is 24.4 Å². The number of rotatable bonds is 2. The number of fused-ring (bicyclic) bond motifs is 1. The monoisotopic (exact) mass is 275 g/mol. The van der Waals surface area contributed by atoms with Crippen LogP contribution in [0, 0.1) is 0 Å². The smallest absolute Gasteiger partial charge is 0.256 e. The summed E-state index contributed by atoms with van der Waals surface area (Å²) in [6.07, 6.45) is 1.69. The molecule has 1 aromatic heterocycles. The number of aromatic amines is 1. The number of aliphatic hydroxyl groups excluding tert-OH is 1. The van der Waals surface area contributed by atoms with Crippen molar-refractivity contribution < 1.29 is 14.6 Å². The summed E-state index contributed by atoms with van der Waals surface area (Å²) in [6.45, 7) is 1.24. The van der Waals surface area contributed by atoms with Gasteiger partial charge in [-0.1, -0.05) is 0 Å². The molecular weight excluding hydrogens is 258 g/mol. The van der Waals surface area contributed by atoms with E-state index in [2.05, 4.69) is 4.98 Å². The first-order valence-electron chi connectivity index (χ1n) is 6.57. The molecule has 1 amide bonds. The number of aliphatic hydroxyl groups is 1. The Morgan fingerprint density at radius 1 is 1.55 bits per heavy atom. The van der Waals surface area contributed by atoms with E-state index in [1.54, 1.807) is 23.2 Å². The molecule has 6 nitrogen and oxygen atoms in total. The average Bonchev–Trinajstić information content (AvgIpc) is 2.89. The van der Waals surface area contributed by atoms with Crippen LogP contribution in [0.1, 0.15) is 10.4 Å². The first-order valence-corrected chi connectivity index (χ1v) is 6.57. The van der Waals surface area contributed by atoms with Gasteiger partial charge < -0.3 is 25.5 Å². The SMILES string of the molecule is Nc1ccc2[nH]cc(C(=O)N3CCOCC3CO)c2c1. The van der Waals surface area contributed by atoms with Crippen molar-refractivity contribution in [1.82, 2.24) is 9.88 Å². The molecule has 4 N–H and O–H groups in total. The molecule has 1 aliphatic heterocycles. The van der Waals surface area contributed by atoms with E-state index in [0.717, 1.165) is 10.9 Å². The summed E-state index contributed by atoms with van der Waals surface area (Å²) in [7, 11) is 0. The van der Waals surface area contributed by atoms with E-state index in [-0.39, 0.29) is 18.6 Å². The predicted octanol–water partition coefficient (Wildman–Crippen LogP) is 0.583. The van der Waals surface area contributed by atoms with E-state index >= 15 is 0 Å². The van der Waals surface area contributed by atoms with Crippen molar-refractivity contribution >= 4 is 22.5 Å². The van der Waals surface area contributed by atoms with Crippen LogP contribution >= 0.6 is 0 Å². The van der Waals surface area contributed by atoms with Crippen LogP contribution in [0.4, 0.5) is 5.69 Å². The van der Waals surface area contributed by atoms with Gasteiger partial charge in [-0.15, -0.1) is 0 Å². The second kappa shape index (κ2) is 5.15. The van der Waals surface area contributed by atoms with Crippen LogP contribution in [0.25, 0.3) is 10.9 Å². The molecule has 0 bridgehead atoms. The van der Waals surface area contributed by atoms with Crippen LogP contribution < -0.4 is 5.73 Å². The van der Waals surface area contributed by atoms with Gasteiger partial charge in [0.05, 0.1) is 31.4 Å². The number of amides is 1. The lowest BCUT2D eigenvalue weighted by Crippen LogP contribution is -2.50. The van der Waals surface area contributed by atoms with E-state index in [9.17, 15) is 9.90 Å². The third-order valence-corrected chi connectivity index (χ3v) is 3.64. The number of carbonyl (C=O) groups is 1. The van der Waals surface area contributed by atoms with Crippen LogP contribution in [0.3, 0.4) is 0 Å². The molecule has 3 rings (SSSR count). The summed E-state index contributed by atoms with van der Waals surface area (Å²) in [5, 5.41) is 10.2. The van der Waals surface area contributed by atoms with Crippen molar-refractivity contribution in [2.45, 2.75) is 6.04 Å². The fourth-order valence-corrected chi connectivity index (χ4v) is 2.54. The van der Waals surface area contributed by atoms with Crippen LogP contribution in [-0.2, 0) is 4.74 Å². The molecule has 2 heterocycles.